The lowest BCUT2D eigenvalue weighted by molar-refractivity contribution is -0.143. The lowest BCUT2D eigenvalue weighted by atomic mass is 10.1. The van der Waals surface area contributed by atoms with Crippen LogP contribution in [0.15, 0.2) is 30.3 Å². The summed E-state index contributed by atoms with van der Waals surface area (Å²) in [7, 11) is 0. The molecule has 7 heteroatoms. The Bertz CT molecular complexity index is 739. The van der Waals surface area contributed by atoms with Crippen LogP contribution in [0.5, 0.6) is 0 Å². The summed E-state index contributed by atoms with van der Waals surface area (Å²) in [6.07, 6.45) is 4.55. The second kappa shape index (κ2) is 10.6. The molecule has 2 fully saturated rings. The van der Waals surface area contributed by atoms with Gasteiger partial charge in [0.15, 0.2) is 0 Å². The fraction of sp³-hybridized carbons (Fsp3) is 0.609. The second-order valence-electron chi connectivity index (χ2n) is 8.21. The number of benzene rings is 1. The standard InChI is InChI=1S/C23H34N4O3/c1-3-18(24-4-2)21(28)26-19-12-8-11-17-13-14-20(27(17)23(19)30)22(29)25-15-16-9-6-5-7-10-16/h5-7,9-10,17-20,24H,3-4,8,11-15H2,1-2H3,(H,25,29)(H,26,28)/t17-,18-,19-,20-/m0/s1. The molecule has 2 saturated heterocycles. The molecule has 0 unspecified atom stereocenters. The number of hydrogen-bond acceptors (Lipinski definition) is 4. The molecular formula is C23H34N4O3. The van der Waals surface area contributed by atoms with Gasteiger partial charge in [0.1, 0.15) is 12.1 Å². The van der Waals surface area contributed by atoms with E-state index in [0.717, 1.165) is 24.8 Å². The first kappa shape index (κ1) is 22.3. The van der Waals surface area contributed by atoms with Crippen molar-refractivity contribution in [3.05, 3.63) is 35.9 Å². The first-order valence-corrected chi connectivity index (χ1v) is 11.2. The summed E-state index contributed by atoms with van der Waals surface area (Å²) in [6, 6.07) is 8.52. The molecular weight excluding hydrogens is 380 g/mol. The molecule has 0 aliphatic carbocycles. The first-order valence-electron chi connectivity index (χ1n) is 11.2. The quantitative estimate of drug-likeness (QED) is 0.604. The number of fused-ring (bicyclic) bond motifs is 1. The van der Waals surface area contributed by atoms with E-state index in [1.54, 1.807) is 4.90 Å². The van der Waals surface area contributed by atoms with E-state index in [-0.39, 0.29) is 29.8 Å². The SMILES string of the molecule is CCN[C@@H](CC)C(=O)N[C@H]1CCC[C@H]2CC[C@@H](C(=O)NCc3ccccc3)N2C1=O. The van der Waals surface area contributed by atoms with E-state index in [1.807, 2.05) is 44.2 Å². The molecule has 0 aromatic heterocycles. The lowest BCUT2D eigenvalue weighted by Gasteiger charge is -2.31. The second-order valence-corrected chi connectivity index (χ2v) is 8.21. The van der Waals surface area contributed by atoms with Crippen LogP contribution in [0.4, 0.5) is 0 Å². The minimum Gasteiger partial charge on any atom is -0.350 e. The van der Waals surface area contributed by atoms with Crippen molar-refractivity contribution in [1.29, 1.82) is 0 Å². The summed E-state index contributed by atoms with van der Waals surface area (Å²) in [4.78, 5) is 40.6. The highest BCUT2D eigenvalue weighted by atomic mass is 16.2. The minimum atomic E-state index is -0.558. The van der Waals surface area contributed by atoms with Gasteiger partial charge in [-0.2, -0.15) is 0 Å². The summed E-state index contributed by atoms with van der Waals surface area (Å²) < 4.78 is 0. The molecule has 3 amide bonds. The Balaban J connectivity index is 1.65. The molecule has 1 aromatic carbocycles. The molecule has 2 aliphatic heterocycles. The van der Waals surface area contributed by atoms with Crippen molar-refractivity contribution >= 4 is 17.7 Å². The van der Waals surface area contributed by atoms with E-state index in [1.165, 1.54) is 0 Å². The molecule has 164 valence electrons. The number of hydrogen-bond donors (Lipinski definition) is 3. The molecule has 2 aliphatic rings. The van der Waals surface area contributed by atoms with Crippen molar-refractivity contribution in [2.45, 2.75) is 83.1 Å². The predicted molar refractivity (Wildman–Crippen MR) is 115 cm³/mol. The summed E-state index contributed by atoms with van der Waals surface area (Å²) in [5.41, 5.74) is 1.03. The normalized spacial score (nSPS) is 24.7. The van der Waals surface area contributed by atoms with Crippen LogP contribution in [0.3, 0.4) is 0 Å². The van der Waals surface area contributed by atoms with Crippen LogP contribution in [0, 0.1) is 0 Å². The summed E-state index contributed by atoms with van der Waals surface area (Å²) in [6.45, 7) is 5.05. The van der Waals surface area contributed by atoms with Crippen LogP contribution in [0.1, 0.15) is 57.9 Å². The van der Waals surface area contributed by atoms with Crippen molar-refractivity contribution in [1.82, 2.24) is 20.9 Å². The Morgan fingerprint density at radius 1 is 1.10 bits per heavy atom. The van der Waals surface area contributed by atoms with E-state index in [9.17, 15) is 14.4 Å². The first-order chi connectivity index (χ1) is 14.5. The molecule has 4 atom stereocenters. The van der Waals surface area contributed by atoms with E-state index >= 15 is 0 Å². The highest BCUT2D eigenvalue weighted by Crippen LogP contribution is 2.32. The fourth-order valence-electron chi connectivity index (χ4n) is 4.60. The van der Waals surface area contributed by atoms with Crippen LogP contribution in [0.25, 0.3) is 0 Å². The van der Waals surface area contributed by atoms with Gasteiger partial charge in [-0.15, -0.1) is 0 Å². The van der Waals surface area contributed by atoms with Gasteiger partial charge in [0.2, 0.25) is 17.7 Å². The third-order valence-electron chi connectivity index (χ3n) is 6.19. The number of likely N-dealkylation sites (N-methyl/N-ethyl adjacent to an activating group) is 1. The maximum atomic E-state index is 13.3. The van der Waals surface area contributed by atoms with Gasteiger partial charge in [-0.25, -0.2) is 0 Å². The van der Waals surface area contributed by atoms with Gasteiger partial charge in [0.05, 0.1) is 6.04 Å². The molecule has 0 bridgehead atoms. The van der Waals surface area contributed by atoms with Gasteiger partial charge in [0.25, 0.3) is 0 Å². The van der Waals surface area contributed by atoms with Gasteiger partial charge in [-0.05, 0) is 50.6 Å². The molecule has 0 saturated carbocycles. The molecule has 7 nitrogen and oxygen atoms in total. The van der Waals surface area contributed by atoms with E-state index in [0.29, 0.717) is 32.4 Å². The maximum absolute atomic E-state index is 13.3. The fourth-order valence-corrected chi connectivity index (χ4v) is 4.60. The topological polar surface area (TPSA) is 90.5 Å². The Morgan fingerprint density at radius 2 is 1.87 bits per heavy atom. The van der Waals surface area contributed by atoms with Crippen molar-refractivity contribution in [2.75, 3.05) is 6.54 Å². The van der Waals surface area contributed by atoms with E-state index < -0.39 is 12.1 Å². The smallest absolute Gasteiger partial charge is 0.246 e. The zero-order valence-corrected chi connectivity index (χ0v) is 18.0. The molecule has 2 heterocycles. The number of carbonyl (C=O) groups excluding carboxylic acids is 3. The van der Waals surface area contributed by atoms with Gasteiger partial charge >= 0.3 is 0 Å². The van der Waals surface area contributed by atoms with Crippen LogP contribution in [-0.2, 0) is 20.9 Å². The number of rotatable bonds is 8. The summed E-state index contributed by atoms with van der Waals surface area (Å²) in [5.74, 6) is -0.365. The monoisotopic (exact) mass is 414 g/mol. The van der Waals surface area contributed by atoms with Crippen molar-refractivity contribution < 1.29 is 14.4 Å². The van der Waals surface area contributed by atoms with Crippen molar-refractivity contribution in [3.63, 3.8) is 0 Å². The number of nitrogens with zero attached hydrogens (tertiary/aromatic N) is 1. The zero-order chi connectivity index (χ0) is 21.5. The van der Waals surface area contributed by atoms with Gasteiger partial charge < -0.3 is 20.9 Å². The minimum absolute atomic E-state index is 0.0858. The highest BCUT2D eigenvalue weighted by Gasteiger charge is 2.44. The van der Waals surface area contributed by atoms with Gasteiger partial charge in [-0.1, -0.05) is 44.2 Å². The number of amides is 3. The highest BCUT2D eigenvalue weighted by molar-refractivity contribution is 5.93. The Morgan fingerprint density at radius 3 is 2.57 bits per heavy atom. The number of carbonyl (C=O) groups is 3. The van der Waals surface area contributed by atoms with Crippen LogP contribution >= 0.6 is 0 Å². The van der Waals surface area contributed by atoms with E-state index in [4.69, 9.17) is 0 Å². The summed E-state index contributed by atoms with van der Waals surface area (Å²) >= 11 is 0. The van der Waals surface area contributed by atoms with E-state index in [2.05, 4.69) is 16.0 Å². The molecule has 3 rings (SSSR count). The summed E-state index contributed by atoms with van der Waals surface area (Å²) in [5, 5.41) is 9.09. The predicted octanol–water partition coefficient (Wildman–Crippen LogP) is 1.72. The van der Waals surface area contributed by atoms with Crippen LogP contribution < -0.4 is 16.0 Å². The van der Waals surface area contributed by atoms with Gasteiger partial charge in [0, 0.05) is 12.6 Å². The molecule has 30 heavy (non-hydrogen) atoms. The lowest BCUT2D eigenvalue weighted by Crippen LogP contribution is -2.56. The average molecular weight is 415 g/mol. The largest absolute Gasteiger partial charge is 0.350 e. The van der Waals surface area contributed by atoms with Crippen LogP contribution in [-0.4, -0.2) is 53.3 Å². The Kier molecular flexibility index (Phi) is 7.85. The molecule has 3 N–H and O–H groups in total. The molecule has 0 radical (unpaired) electrons. The third kappa shape index (κ3) is 5.19. The Labute approximate surface area is 179 Å². The average Bonchev–Trinajstić information content (AvgIpc) is 3.12. The van der Waals surface area contributed by atoms with Gasteiger partial charge in [-0.3, -0.25) is 14.4 Å². The molecule has 1 aromatic rings. The molecule has 0 spiro atoms. The van der Waals surface area contributed by atoms with Crippen molar-refractivity contribution in [3.8, 4) is 0 Å². The maximum Gasteiger partial charge on any atom is 0.246 e. The third-order valence-corrected chi connectivity index (χ3v) is 6.19. The van der Waals surface area contributed by atoms with Crippen molar-refractivity contribution in [2.24, 2.45) is 0 Å². The number of nitrogens with one attached hydrogen (secondary N) is 3. The Hall–Kier alpha value is -2.41. The van der Waals surface area contributed by atoms with Crippen LogP contribution in [0.2, 0.25) is 0 Å². The zero-order valence-electron chi connectivity index (χ0n) is 18.0.